The van der Waals surface area contributed by atoms with Crippen molar-refractivity contribution in [2.45, 2.75) is 26.8 Å². The topological polar surface area (TPSA) is 99.2 Å². The first-order valence-corrected chi connectivity index (χ1v) is 11.2. The summed E-state index contributed by atoms with van der Waals surface area (Å²) in [5.41, 5.74) is 11.5. The number of nitrogens with two attached hydrogens (primary N) is 1. The third-order valence-corrected chi connectivity index (χ3v) is 6.42. The minimum atomic E-state index is -0.215. The lowest BCUT2D eigenvalue weighted by atomic mass is 9.94. The van der Waals surface area contributed by atoms with E-state index in [2.05, 4.69) is 9.97 Å². The molecule has 0 fully saturated rings. The normalized spacial score (nSPS) is 12.1. The standard InChI is InChI=1S/C25H27ClN6O2/c1-13-18(26)11-17(15(3)32-20-9-10-28-24(27)22(20)14(2)30-32)23(34-6)21(13)16-7-8-19(29-12-16)25(33)31(4)5/h7-12,15H,1-6H3,(H2,27,28)/t15-/m1/s1. The van der Waals surface area contributed by atoms with Crippen molar-refractivity contribution in [1.82, 2.24) is 24.6 Å². The van der Waals surface area contributed by atoms with E-state index in [4.69, 9.17) is 27.2 Å². The van der Waals surface area contributed by atoms with Crippen LogP contribution in [0.1, 0.15) is 40.3 Å². The summed E-state index contributed by atoms with van der Waals surface area (Å²) < 4.78 is 7.84. The Morgan fingerprint density at radius 2 is 1.94 bits per heavy atom. The number of carbonyl (C=O) groups is 1. The van der Waals surface area contributed by atoms with Gasteiger partial charge in [-0.15, -0.1) is 0 Å². The van der Waals surface area contributed by atoms with E-state index in [-0.39, 0.29) is 11.9 Å². The number of ether oxygens (including phenoxy) is 1. The molecule has 1 amide bonds. The van der Waals surface area contributed by atoms with Crippen molar-refractivity contribution in [2.75, 3.05) is 26.9 Å². The number of nitrogen functional groups attached to an aromatic ring is 1. The molecule has 0 aliphatic heterocycles. The molecular weight excluding hydrogens is 452 g/mol. The van der Waals surface area contributed by atoms with Crippen LogP contribution in [-0.4, -0.2) is 51.8 Å². The predicted octanol–water partition coefficient (Wildman–Crippen LogP) is 4.67. The minimum absolute atomic E-state index is 0.162. The van der Waals surface area contributed by atoms with Crippen LogP contribution in [0.2, 0.25) is 5.02 Å². The molecule has 0 spiro atoms. The molecule has 0 saturated heterocycles. The van der Waals surface area contributed by atoms with Gasteiger partial charge in [-0.05, 0) is 44.5 Å². The van der Waals surface area contributed by atoms with E-state index >= 15 is 0 Å². The number of hydrogen-bond donors (Lipinski definition) is 1. The van der Waals surface area contributed by atoms with Crippen LogP contribution < -0.4 is 10.5 Å². The third kappa shape index (κ3) is 3.84. The maximum absolute atomic E-state index is 12.3. The molecule has 9 heteroatoms. The summed E-state index contributed by atoms with van der Waals surface area (Å²) in [6, 6.07) is 7.16. The van der Waals surface area contributed by atoms with Gasteiger partial charge < -0.3 is 15.4 Å². The number of nitrogens with zero attached hydrogens (tertiary/aromatic N) is 5. The van der Waals surface area contributed by atoms with Crippen molar-refractivity contribution < 1.29 is 9.53 Å². The number of methoxy groups -OCH3 is 1. The fourth-order valence-corrected chi connectivity index (χ4v) is 4.45. The van der Waals surface area contributed by atoms with Gasteiger partial charge in [0.1, 0.15) is 17.3 Å². The number of hydrogen-bond acceptors (Lipinski definition) is 6. The van der Waals surface area contributed by atoms with Crippen molar-refractivity contribution >= 4 is 34.2 Å². The van der Waals surface area contributed by atoms with E-state index < -0.39 is 0 Å². The number of fused-ring (bicyclic) bond motifs is 1. The second-order valence-electron chi connectivity index (χ2n) is 8.41. The van der Waals surface area contributed by atoms with Crippen LogP contribution in [0.4, 0.5) is 5.82 Å². The Kier molecular flexibility index (Phi) is 6.18. The molecule has 176 valence electrons. The van der Waals surface area contributed by atoms with Gasteiger partial charge in [-0.1, -0.05) is 17.7 Å². The molecule has 0 unspecified atom stereocenters. The average Bonchev–Trinajstić information content (AvgIpc) is 3.17. The molecule has 1 atom stereocenters. The summed E-state index contributed by atoms with van der Waals surface area (Å²) in [5.74, 6) is 0.957. The van der Waals surface area contributed by atoms with Crippen LogP contribution in [0.25, 0.3) is 22.0 Å². The molecule has 4 aromatic rings. The van der Waals surface area contributed by atoms with E-state index in [0.29, 0.717) is 22.3 Å². The first kappa shape index (κ1) is 23.5. The fourth-order valence-electron chi connectivity index (χ4n) is 4.24. The number of amides is 1. The largest absolute Gasteiger partial charge is 0.496 e. The maximum Gasteiger partial charge on any atom is 0.271 e. The van der Waals surface area contributed by atoms with Crippen LogP contribution in [0, 0.1) is 13.8 Å². The molecule has 1 aromatic carbocycles. The average molecular weight is 479 g/mol. The Hall–Kier alpha value is -3.65. The zero-order chi connectivity index (χ0) is 24.7. The molecule has 8 nitrogen and oxygen atoms in total. The quantitative estimate of drug-likeness (QED) is 0.447. The van der Waals surface area contributed by atoms with Crippen molar-refractivity contribution in [3.05, 3.63) is 64.2 Å². The summed E-state index contributed by atoms with van der Waals surface area (Å²) in [5, 5.41) is 6.18. The van der Waals surface area contributed by atoms with Gasteiger partial charge in [0.25, 0.3) is 5.91 Å². The van der Waals surface area contributed by atoms with Crippen LogP contribution in [0.3, 0.4) is 0 Å². The Labute approximate surface area is 203 Å². The summed E-state index contributed by atoms with van der Waals surface area (Å²) in [4.78, 5) is 22.3. The molecular formula is C25H27ClN6O2. The number of rotatable bonds is 5. The van der Waals surface area contributed by atoms with Gasteiger partial charge in [-0.3, -0.25) is 14.5 Å². The van der Waals surface area contributed by atoms with Gasteiger partial charge in [0, 0.05) is 48.2 Å². The minimum Gasteiger partial charge on any atom is -0.496 e. The molecule has 0 bridgehead atoms. The molecule has 0 aliphatic rings. The number of carbonyl (C=O) groups excluding carboxylic acids is 1. The number of aromatic nitrogens is 4. The van der Waals surface area contributed by atoms with Crippen LogP contribution >= 0.6 is 11.6 Å². The predicted molar refractivity (Wildman–Crippen MR) is 134 cm³/mol. The zero-order valence-electron chi connectivity index (χ0n) is 20.0. The van der Waals surface area contributed by atoms with Crippen molar-refractivity contribution in [3.8, 4) is 16.9 Å². The van der Waals surface area contributed by atoms with Crippen molar-refractivity contribution in [3.63, 3.8) is 0 Å². The molecule has 34 heavy (non-hydrogen) atoms. The Balaban J connectivity index is 1.88. The molecule has 2 N–H and O–H groups in total. The molecule has 0 saturated carbocycles. The number of halogens is 1. The summed E-state index contributed by atoms with van der Waals surface area (Å²) in [7, 11) is 5.02. The highest BCUT2D eigenvalue weighted by Gasteiger charge is 2.24. The summed E-state index contributed by atoms with van der Waals surface area (Å²) >= 11 is 6.70. The van der Waals surface area contributed by atoms with Crippen LogP contribution in [-0.2, 0) is 0 Å². The molecule has 3 aromatic heterocycles. The Morgan fingerprint density at radius 3 is 2.56 bits per heavy atom. The second-order valence-corrected chi connectivity index (χ2v) is 8.82. The summed E-state index contributed by atoms with van der Waals surface area (Å²) in [6.45, 7) is 5.89. The van der Waals surface area contributed by atoms with Gasteiger partial charge in [0.05, 0.1) is 29.7 Å². The van der Waals surface area contributed by atoms with Gasteiger partial charge >= 0.3 is 0 Å². The van der Waals surface area contributed by atoms with E-state index in [0.717, 1.165) is 38.9 Å². The zero-order valence-corrected chi connectivity index (χ0v) is 20.8. The van der Waals surface area contributed by atoms with Gasteiger partial charge in [-0.2, -0.15) is 5.10 Å². The van der Waals surface area contributed by atoms with Gasteiger partial charge in [0.2, 0.25) is 0 Å². The lowest BCUT2D eigenvalue weighted by Crippen LogP contribution is -2.22. The lowest BCUT2D eigenvalue weighted by molar-refractivity contribution is 0.0822. The first-order chi connectivity index (χ1) is 16.1. The Bertz CT molecular complexity index is 1400. The smallest absolute Gasteiger partial charge is 0.271 e. The Morgan fingerprint density at radius 1 is 1.21 bits per heavy atom. The lowest BCUT2D eigenvalue weighted by Gasteiger charge is -2.22. The van der Waals surface area contributed by atoms with E-state index in [9.17, 15) is 4.79 Å². The van der Waals surface area contributed by atoms with Gasteiger partial charge in [-0.25, -0.2) is 4.98 Å². The van der Waals surface area contributed by atoms with Crippen molar-refractivity contribution in [2.24, 2.45) is 0 Å². The number of benzene rings is 1. The highest BCUT2D eigenvalue weighted by molar-refractivity contribution is 6.32. The third-order valence-electron chi connectivity index (χ3n) is 6.03. The molecule has 4 rings (SSSR count). The van der Waals surface area contributed by atoms with Crippen molar-refractivity contribution in [1.29, 1.82) is 0 Å². The van der Waals surface area contributed by atoms with E-state index in [1.54, 1.807) is 39.7 Å². The number of anilines is 1. The van der Waals surface area contributed by atoms with Crippen LogP contribution in [0.15, 0.2) is 36.7 Å². The fraction of sp³-hybridized carbons (Fsp3) is 0.280. The second kappa shape index (κ2) is 8.95. The number of aryl methyl sites for hydroxylation is 1. The van der Waals surface area contributed by atoms with E-state index in [1.165, 1.54) is 4.90 Å². The monoisotopic (exact) mass is 478 g/mol. The van der Waals surface area contributed by atoms with Gasteiger partial charge in [0.15, 0.2) is 0 Å². The highest BCUT2D eigenvalue weighted by Crippen LogP contribution is 2.43. The molecule has 3 heterocycles. The number of pyridine rings is 2. The highest BCUT2D eigenvalue weighted by atomic mass is 35.5. The molecule has 0 radical (unpaired) electrons. The van der Waals surface area contributed by atoms with Crippen LogP contribution in [0.5, 0.6) is 5.75 Å². The first-order valence-electron chi connectivity index (χ1n) is 10.8. The maximum atomic E-state index is 12.3. The van der Waals surface area contributed by atoms with E-state index in [1.807, 2.05) is 43.7 Å². The molecule has 0 aliphatic carbocycles. The SMILES string of the molecule is COc1c([C@@H](C)n2nc(C)c3c(N)nccc32)cc(Cl)c(C)c1-c1ccc(C(=O)N(C)C)nc1. The summed E-state index contributed by atoms with van der Waals surface area (Å²) in [6.07, 6.45) is 3.35.